The molecular weight excluding hydrogens is 336 g/mol. The second-order valence-corrected chi connectivity index (χ2v) is 7.60. The number of nitrogens with zero attached hydrogens (tertiary/aromatic N) is 3. The van der Waals surface area contributed by atoms with E-state index in [-0.39, 0.29) is 6.61 Å². The van der Waals surface area contributed by atoms with Gasteiger partial charge in [0.2, 0.25) is 0 Å². The number of piperazine rings is 1. The fraction of sp³-hybridized carbons (Fsp3) is 0.526. The maximum atomic E-state index is 9.49. The third-order valence-electron chi connectivity index (χ3n) is 5.59. The Labute approximate surface area is 153 Å². The fourth-order valence-electron chi connectivity index (χ4n) is 4.28. The first-order valence-electron chi connectivity index (χ1n) is 9.11. The molecule has 0 bridgehead atoms. The van der Waals surface area contributed by atoms with E-state index in [1.807, 2.05) is 30.5 Å². The van der Waals surface area contributed by atoms with Crippen LogP contribution in [-0.2, 0) is 6.54 Å². The zero-order valence-electron chi connectivity index (χ0n) is 14.4. The molecule has 0 spiro atoms. The minimum Gasteiger partial charge on any atom is -0.396 e. The second kappa shape index (κ2) is 7.46. The molecule has 4 rings (SSSR count). The summed E-state index contributed by atoms with van der Waals surface area (Å²) in [6.07, 6.45) is 5.35. The van der Waals surface area contributed by atoms with Gasteiger partial charge in [0.15, 0.2) is 0 Å². The Bertz CT molecular complexity index is 702. The number of aromatic amines is 1. The molecule has 1 aromatic carbocycles. The molecule has 2 aliphatic rings. The van der Waals surface area contributed by atoms with E-state index in [0.29, 0.717) is 12.1 Å². The van der Waals surface area contributed by atoms with Gasteiger partial charge in [-0.25, -0.2) is 0 Å². The van der Waals surface area contributed by atoms with Crippen molar-refractivity contribution >= 4 is 11.6 Å². The maximum absolute atomic E-state index is 9.49. The number of hydrogen-bond donors (Lipinski definition) is 2. The number of hydrogen-bond acceptors (Lipinski definition) is 4. The van der Waals surface area contributed by atoms with Crippen LogP contribution in [0.25, 0.3) is 11.3 Å². The summed E-state index contributed by atoms with van der Waals surface area (Å²) in [5, 5.41) is 17.7. The molecule has 3 heterocycles. The summed E-state index contributed by atoms with van der Waals surface area (Å²) in [7, 11) is 0. The highest BCUT2D eigenvalue weighted by Crippen LogP contribution is 2.29. The predicted molar refractivity (Wildman–Crippen MR) is 99.5 cm³/mol. The quantitative estimate of drug-likeness (QED) is 0.860. The molecule has 2 atom stereocenters. The van der Waals surface area contributed by atoms with Crippen LogP contribution in [0.5, 0.6) is 0 Å². The van der Waals surface area contributed by atoms with E-state index in [2.05, 4.69) is 20.0 Å². The summed E-state index contributed by atoms with van der Waals surface area (Å²) in [4.78, 5) is 5.14. The zero-order chi connectivity index (χ0) is 17.2. The first kappa shape index (κ1) is 17.0. The van der Waals surface area contributed by atoms with Crippen LogP contribution in [0.4, 0.5) is 0 Å². The summed E-state index contributed by atoms with van der Waals surface area (Å²) < 4.78 is 0. The summed E-state index contributed by atoms with van der Waals surface area (Å²) in [6.45, 7) is 4.47. The highest BCUT2D eigenvalue weighted by Gasteiger charge is 2.36. The topological polar surface area (TPSA) is 55.4 Å². The number of nitrogens with one attached hydrogen (secondary N) is 1. The van der Waals surface area contributed by atoms with E-state index < -0.39 is 0 Å². The molecule has 1 unspecified atom stereocenters. The molecule has 25 heavy (non-hydrogen) atoms. The normalized spacial score (nSPS) is 24.6. The highest BCUT2D eigenvalue weighted by molar-refractivity contribution is 6.30. The minimum atomic E-state index is 0.245. The van der Waals surface area contributed by atoms with E-state index in [0.717, 1.165) is 42.3 Å². The number of aliphatic hydroxyl groups excluding tert-OH is 1. The van der Waals surface area contributed by atoms with Crippen molar-refractivity contribution in [2.45, 2.75) is 37.9 Å². The van der Waals surface area contributed by atoms with Crippen molar-refractivity contribution in [3.63, 3.8) is 0 Å². The Morgan fingerprint density at radius 3 is 2.88 bits per heavy atom. The van der Waals surface area contributed by atoms with Crippen LogP contribution in [0, 0.1) is 0 Å². The fourth-order valence-corrected chi connectivity index (χ4v) is 4.41. The van der Waals surface area contributed by atoms with Gasteiger partial charge in [0, 0.05) is 48.9 Å². The lowest BCUT2D eigenvalue weighted by molar-refractivity contribution is 0.0334. The van der Waals surface area contributed by atoms with Gasteiger partial charge in [0.05, 0.1) is 11.9 Å². The SMILES string of the molecule is OCC[C@H]1CN2CCCC2CN1Cc1cn[nH]c1-c1ccc(Cl)cc1. The third kappa shape index (κ3) is 3.60. The van der Waals surface area contributed by atoms with Gasteiger partial charge in [0.1, 0.15) is 0 Å². The average molecular weight is 361 g/mol. The lowest BCUT2D eigenvalue weighted by Crippen LogP contribution is -2.55. The van der Waals surface area contributed by atoms with Crippen molar-refractivity contribution in [1.82, 2.24) is 20.0 Å². The van der Waals surface area contributed by atoms with Gasteiger partial charge >= 0.3 is 0 Å². The summed E-state index contributed by atoms with van der Waals surface area (Å²) in [6, 6.07) is 8.95. The standard InChI is InChI=1S/C19H25ClN4O/c20-16-5-3-14(4-6-16)19-15(10-21-22-19)11-24-13-17-2-1-8-23(17)12-18(24)7-9-25/h3-6,10,17-18,25H,1-2,7-9,11-13H2,(H,21,22)/t17?,18-/m0/s1. The monoisotopic (exact) mass is 360 g/mol. The number of H-pyrrole nitrogens is 1. The largest absolute Gasteiger partial charge is 0.396 e. The molecular formula is C19H25ClN4O. The number of halogens is 1. The molecule has 2 aromatic rings. The number of aromatic nitrogens is 2. The van der Waals surface area contributed by atoms with Gasteiger partial charge in [-0.15, -0.1) is 0 Å². The van der Waals surface area contributed by atoms with Crippen LogP contribution in [-0.4, -0.2) is 63.4 Å². The first-order valence-corrected chi connectivity index (χ1v) is 9.49. The second-order valence-electron chi connectivity index (χ2n) is 7.16. The van der Waals surface area contributed by atoms with Crippen LogP contribution in [0.2, 0.25) is 5.02 Å². The molecule has 6 heteroatoms. The molecule has 0 saturated carbocycles. The summed E-state index contributed by atoms with van der Waals surface area (Å²) in [5.41, 5.74) is 3.38. The lowest BCUT2D eigenvalue weighted by Gasteiger charge is -2.43. The molecule has 1 aromatic heterocycles. The van der Waals surface area contributed by atoms with Crippen molar-refractivity contribution in [3.8, 4) is 11.3 Å². The molecule has 2 N–H and O–H groups in total. The van der Waals surface area contributed by atoms with Gasteiger partial charge in [-0.3, -0.25) is 14.9 Å². The third-order valence-corrected chi connectivity index (χ3v) is 5.84. The van der Waals surface area contributed by atoms with Crippen molar-refractivity contribution < 1.29 is 5.11 Å². The van der Waals surface area contributed by atoms with E-state index >= 15 is 0 Å². The van der Waals surface area contributed by atoms with Gasteiger partial charge in [0.25, 0.3) is 0 Å². The molecule has 2 aliphatic heterocycles. The van der Waals surface area contributed by atoms with Crippen LogP contribution in [0.3, 0.4) is 0 Å². The Kier molecular flexibility index (Phi) is 5.08. The summed E-state index contributed by atoms with van der Waals surface area (Å²) >= 11 is 6.01. The zero-order valence-corrected chi connectivity index (χ0v) is 15.1. The van der Waals surface area contributed by atoms with E-state index in [9.17, 15) is 5.11 Å². The Morgan fingerprint density at radius 1 is 1.24 bits per heavy atom. The number of fused-ring (bicyclic) bond motifs is 1. The number of rotatable bonds is 5. The Morgan fingerprint density at radius 2 is 2.08 bits per heavy atom. The van der Waals surface area contributed by atoms with Crippen molar-refractivity contribution in [1.29, 1.82) is 0 Å². The first-order chi connectivity index (χ1) is 12.2. The average Bonchev–Trinajstić information content (AvgIpc) is 3.25. The molecule has 0 radical (unpaired) electrons. The van der Waals surface area contributed by atoms with Crippen LogP contribution in [0.1, 0.15) is 24.8 Å². The maximum Gasteiger partial charge on any atom is 0.0695 e. The van der Waals surface area contributed by atoms with Gasteiger partial charge < -0.3 is 5.11 Å². The minimum absolute atomic E-state index is 0.245. The number of aliphatic hydroxyl groups is 1. The van der Waals surface area contributed by atoms with E-state index in [4.69, 9.17) is 11.6 Å². The summed E-state index contributed by atoms with van der Waals surface area (Å²) in [5.74, 6) is 0. The van der Waals surface area contributed by atoms with Gasteiger partial charge in [-0.1, -0.05) is 23.7 Å². The predicted octanol–water partition coefficient (Wildman–Crippen LogP) is 2.76. The van der Waals surface area contributed by atoms with Gasteiger partial charge in [-0.2, -0.15) is 5.10 Å². The van der Waals surface area contributed by atoms with Crippen molar-refractivity contribution in [3.05, 3.63) is 41.0 Å². The van der Waals surface area contributed by atoms with E-state index in [1.165, 1.54) is 24.9 Å². The van der Waals surface area contributed by atoms with E-state index in [1.54, 1.807) is 0 Å². The van der Waals surface area contributed by atoms with Crippen LogP contribution in [0.15, 0.2) is 30.5 Å². The molecule has 2 saturated heterocycles. The Hall–Kier alpha value is -1.40. The van der Waals surface area contributed by atoms with Crippen LogP contribution >= 0.6 is 11.6 Å². The number of benzene rings is 1. The molecule has 2 fully saturated rings. The molecule has 5 nitrogen and oxygen atoms in total. The lowest BCUT2D eigenvalue weighted by atomic mass is 10.0. The smallest absolute Gasteiger partial charge is 0.0695 e. The Balaban J connectivity index is 1.54. The molecule has 0 aliphatic carbocycles. The van der Waals surface area contributed by atoms with Crippen LogP contribution < -0.4 is 0 Å². The van der Waals surface area contributed by atoms with Crippen molar-refractivity contribution in [2.75, 3.05) is 26.2 Å². The van der Waals surface area contributed by atoms with Gasteiger partial charge in [-0.05, 0) is 43.5 Å². The highest BCUT2D eigenvalue weighted by atomic mass is 35.5. The molecule has 134 valence electrons. The molecule has 0 amide bonds. The van der Waals surface area contributed by atoms with Crippen molar-refractivity contribution in [2.24, 2.45) is 0 Å².